The first-order chi connectivity index (χ1) is 7.29. The van der Waals surface area contributed by atoms with Crippen LogP contribution in [0, 0.1) is 5.92 Å². The molecule has 0 aromatic carbocycles. The van der Waals surface area contributed by atoms with E-state index in [1.54, 1.807) is 10.8 Å². The first-order valence-corrected chi connectivity index (χ1v) is 6.96. The molecular weight excluding hydrogens is 232 g/mol. The zero-order valence-electron chi connectivity index (χ0n) is 8.14. The van der Waals surface area contributed by atoms with Gasteiger partial charge in [0.05, 0.1) is 12.5 Å². The van der Waals surface area contributed by atoms with Gasteiger partial charge in [0.2, 0.25) is 0 Å². The molecule has 0 spiro atoms. The molecule has 1 aliphatic heterocycles. The van der Waals surface area contributed by atoms with Crippen molar-refractivity contribution in [3.8, 4) is 0 Å². The van der Waals surface area contributed by atoms with Crippen LogP contribution in [-0.2, 0) is 9.53 Å². The van der Waals surface area contributed by atoms with Crippen molar-refractivity contribution in [2.45, 2.75) is 12.8 Å². The maximum Gasteiger partial charge on any atom is 0.309 e. The van der Waals surface area contributed by atoms with Gasteiger partial charge in [0.25, 0.3) is 0 Å². The first-order valence-electron chi connectivity index (χ1n) is 4.81. The van der Waals surface area contributed by atoms with Gasteiger partial charge in [0, 0.05) is 9.81 Å². The van der Waals surface area contributed by atoms with Crippen molar-refractivity contribution in [2.24, 2.45) is 5.92 Å². The van der Waals surface area contributed by atoms with Crippen molar-refractivity contribution in [2.75, 3.05) is 13.2 Å². The van der Waals surface area contributed by atoms with E-state index in [0.717, 1.165) is 22.7 Å². The van der Waals surface area contributed by atoms with Gasteiger partial charge in [-0.1, -0.05) is 21.6 Å². The molecule has 1 saturated carbocycles. The van der Waals surface area contributed by atoms with Gasteiger partial charge in [0.1, 0.15) is 6.61 Å². The highest BCUT2D eigenvalue weighted by Crippen LogP contribution is 2.40. The van der Waals surface area contributed by atoms with E-state index in [1.807, 2.05) is 12.2 Å². The third-order valence-electron chi connectivity index (χ3n) is 2.13. The standard InChI is InChI=1S/C10H12O3S2/c11-5-8-3-4-9(15-14-8)6-13-10(12)7-1-2-7/h3-4,7,11H,1-2,5-6H2. The summed E-state index contributed by atoms with van der Waals surface area (Å²) in [6.07, 6.45) is 5.72. The second-order valence-electron chi connectivity index (χ2n) is 3.47. The largest absolute Gasteiger partial charge is 0.460 e. The molecule has 0 aromatic heterocycles. The average Bonchev–Trinajstić information content (AvgIpc) is 3.10. The van der Waals surface area contributed by atoms with Crippen LogP contribution in [-0.4, -0.2) is 24.3 Å². The number of carbonyl (C=O) groups is 1. The average molecular weight is 244 g/mol. The summed E-state index contributed by atoms with van der Waals surface area (Å²) in [6, 6.07) is 0. The lowest BCUT2D eigenvalue weighted by molar-refractivity contribution is -0.143. The molecule has 5 heteroatoms. The molecule has 1 heterocycles. The summed E-state index contributed by atoms with van der Waals surface area (Å²) in [5.41, 5.74) is 0. The van der Waals surface area contributed by atoms with Crippen LogP contribution >= 0.6 is 21.6 Å². The van der Waals surface area contributed by atoms with Gasteiger partial charge in [-0.15, -0.1) is 0 Å². The van der Waals surface area contributed by atoms with Crippen LogP contribution in [0.3, 0.4) is 0 Å². The fourth-order valence-electron chi connectivity index (χ4n) is 1.08. The number of esters is 1. The number of carbonyl (C=O) groups excluding carboxylic acids is 1. The van der Waals surface area contributed by atoms with E-state index in [0.29, 0.717) is 6.61 Å². The molecule has 0 radical (unpaired) electrons. The predicted molar refractivity (Wildman–Crippen MR) is 62.1 cm³/mol. The van der Waals surface area contributed by atoms with Crippen LogP contribution in [0.5, 0.6) is 0 Å². The summed E-state index contributed by atoms with van der Waals surface area (Å²) < 4.78 is 5.14. The van der Waals surface area contributed by atoms with Gasteiger partial charge in [-0.3, -0.25) is 4.79 Å². The Morgan fingerprint density at radius 1 is 1.40 bits per heavy atom. The Labute approximate surface area is 96.3 Å². The number of hydrogen-bond donors (Lipinski definition) is 1. The van der Waals surface area contributed by atoms with E-state index in [4.69, 9.17) is 9.84 Å². The number of rotatable bonds is 4. The third-order valence-corrected chi connectivity index (χ3v) is 4.70. The van der Waals surface area contributed by atoms with Crippen molar-refractivity contribution in [3.05, 3.63) is 22.0 Å². The van der Waals surface area contributed by atoms with Crippen LogP contribution in [0.2, 0.25) is 0 Å². The fourth-order valence-corrected chi connectivity index (χ4v) is 2.98. The molecule has 0 saturated heterocycles. The molecule has 0 aromatic rings. The smallest absolute Gasteiger partial charge is 0.309 e. The molecular formula is C10H12O3S2. The number of aliphatic hydroxyl groups is 1. The molecule has 15 heavy (non-hydrogen) atoms. The highest BCUT2D eigenvalue weighted by molar-refractivity contribution is 8.79. The normalized spacial score (nSPS) is 20.6. The van der Waals surface area contributed by atoms with Crippen LogP contribution in [0.15, 0.2) is 22.0 Å². The lowest BCUT2D eigenvalue weighted by Gasteiger charge is -2.11. The maximum absolute atomic E-state index is 11.2. The Bertz CT molecular complexity index is 319. The summed E-state index contributed by atoms with van der Waals surface area (Å²) in [6.45, 7) is 0.436. The van der Waals surface area contributed by atoms with Crippen LogP contribution in [0.4, 0.5) is 0 Å². The third kappa shape index (κ3) is 3.29. The molecule has 3 nitrogen and oxygen atoms in total. The van der Waals surface area contributed by atoms with Crippen molar-refractivity contribution in [3.63, 3.8) is 0 Å². The van der Waals surface area contributed by atoms with Crippen LogP contribution in [0.25, 0.3) is 0 Å². The second-order valence-corrected chi connectivity index (χ2v) is 5.85. The number of allylic oxidation sites excluding steroid dienone is 2. The minimum atomic E-state index is -0.0709. The summed E-state index contributed by atoms with van der Waals surface area (Å²) in [5, 5.41) is 8.86. The Morgan fingerprint density at radius 2 is 2.07 bits per heavy atom. The second kappa shape index (κ2) is 5.09. The molecule has 2 aliphatic rings. The van der Waals surface area contributed by atoms with E-state index < -0.39 is 0 Å². The lowest BCUT2D eigenvalue weighted by atomic mass is 10.4. The van der Waals surface area contributed by atoms with E-state index in [9.17, 15) is 4.79 Å². The topological polar surface area (TPSA) is 46.5 Å². The summed E-state index contributed by atoms with van der Waals surface area (Å²) >= 11 is 0. The Morgan fingerprint density at radius 3 is 2.60 bits per heavy atom. The van der Waals surface area contributed by atoms with Crippen molar-refractivity contribution >= 4 is 27.6 Å². The van der Waals surface area contributed by atoms with Gasteiger partial charge in [-0.05, 0) is 25.0 Å². The van der Waals surface area contributed by atoms with Gasteiger partial charge >= 0.3 is 5.97 Å². The van der Waals surface area contributed by atoms with E-state index in [-0.39, 0.29) is 18.5 Å². The molecule has 1 N–H and O–H groups in total. The highest BCUT2D eigenvalue weighted by Gasteiger charge is 2.31. The van der Waals surface area contributed by atoms with Gasteiger partial charge in [-0.25, -0.2) is 0 Å². The monoisotopic (exact) mass is 244 g/mol. The molecule has 0 bridgehead atoms. The molecule has 0 atom stereocenters. The Kier molecular flexibility index (Phi) is 3.77. The fraction of sp³-hybridized carbons (Fsp3) is 0.500. The zero-order chi connectivity index (χ0) is 10.7. The molecule has 1 fully saturated rings. The first kappa shape index (κ1) is 11.1. The van der Waals surface area contributed by atoms with Gasteiger partial charge < -0.3 is 9.84 Å². The van der Waals surface area contributed by atoms with E-state index >= 15 is 0 Å². The van der Waals surface area contributed by atoms with E-state index in [1.165, 1.54) is 10.8 Å². The van der Waals surface area contributed by atoms with Gasteiger partial charge in [0.15, 0.2) is 0 Å². The Balaban J connectivity index is 1.77. The van der Waals surface area contributed by atoms with Crippen molar-refractivity contribution < 1.29 is 14.6 Å². The number of ether oxygens (including phenoxy) is 1. The molecule has 2 rings (SSSR count). The summed E-state index contributed by atoms with van der Waals surface area (Å²) in [4.78, 5) is 13.2. The number of hydrogen-bond acceptors (Lipinski definition) is 5. The van der Waals surface area contributed by atoms with Crippen LogP contribution in [0.1, 0.15) is 12.8 Å². The van der Waals surface area contributed by atoms with Crippen molar-refractivity contribution in [1.29, 1.82) is 0 Å². The van der Waals surface area contributed by atoms with E-state index in [2.05, 4.69) is 0 Å². The maximum atomic E-state index is 11.2. The van der Waals surface area contributed by atoms with Crippen LogP contribution < -0.4 is 0 Å². The Hall–Kier alpha value is -0.390. The summed E-state index contributed by atoms with van der Waals surface area (Å²) in [7, 11) is 3.06. The summed E-state index contributed by atoms with van der Waals surface area (Å²) in [5.74, 6) is 0.0915. The minimum Gasteiger partial charge on any atom is -0.460 e. The SMILES string of the molecule is O=C(OCC1=CC=C(CO)SS1)C1CC1. The predicted octanol–water partition coefficient (Wildman–Crippen LogP) is 2.09. The quantitative estimate of drug-likeness (QED) is 0.606. The molecule has 0 amide bonds. The zero-order valence-corrected chi connectivity index (χ0v) is 9.77. The number of aliphatic hydroxyl groups excluding tert-OH is 1. The van der Waals surface area contributed by atoms with Crippen molar-refractivity contribution in [1.82, 2.24) is 0 Å². The highest BCUT2D eigenvalue weighted by atomic mass is 33.1. The molecule has 0 unspecified atom stereocenters. The molecule has 82 valence electrons. The molecule has 1 aliphatic carbocycles. The lowest BCUT2D eigenvalue weighted by Crippen LogP contribution is -2.08. The van der Waals surface area contributed by atoms with Gasteiger partial charge in [-0.2, -0.15) is 0 Å². The minimum absolute atomic E-state index is 0.0709.